The number of hydrogen-bond acceptors (Lipinski definition) is 6. The molecule has 8 heteroatoms. The largest absolute Gasteiger partial charge is 0.371 e. The number of nitrogens with zero attached hydrogens (tertiary/aromatic N) is 1. The van der Waals surface area contributed by atoms with E-state index in [1.807, 2.05) is 0 Å². The number of nitro benzene ring substituents is 1. The van der Waals surface area contributed by atoms with E-state index in [0.29, 0.717) is 5.56 Å². The van der Waals surface area contributed by atoms with Gasteiger partial charge in [-0.25, -0.2) is 0 Å². The summed E-state index contributed by atoms with van der Waals surface area (Å²) >= 11 is 0. The third-order valence-electron chi connectivity index (χ3n) is 2.32. The van der Waals surface area contributed by atoms with Gasteiger partial charge in [0, 0.05) is 6.07 Å². The Morgan fingerprint density at radius 1 is 1.32 bits per heavy atom. The summed E-state index contributed by atoms with van der Waals surface area (Å²) < 4.78 is 31.3. The number of hydrogen-bond donors (Lipinski definition) is 0. The van der Waals surface area contributed by atoms with Crippen LogP contribution in [-0.4, -0.2) is 32.8 Å². The lowest BCUT2D eigenvalue weighted by Crippen LogP contribution is -2.12. The molecule has 0 N–H and O–H groups in total. The van der Waals surface area contributed by atoms with E-state index >= 15 is 0 Å². The van der Waals surface area contributed by atoms with Crippen molar-refractivity contribution in [3.63, 3.8) is 0 Å². The van der Waals surface area contributed by atoms with E-state index in [1.54, 1.807) is 25.1 Å². The zero-order chi connectivity index (χ0) is 14.5. The minimum Gasteiger partial charge on any atom is -0.371 e. The fourth-order valence-electron chi connectivity index (χ4n) is 1.50. The van der Waals surface area contributed by atoms with Gasteiger partial charge >= 0.3 is 0 Å². The lowest BCUT2D eigenvalue weighted by atomic mass is 10.1. The van der Waals surface area contributed by atoms with Gasteiger partial charge in [-0.1, -0.05) is 12.1 Å². The molecule has 0 bridgehead atoms. The Labute approximate surface area is 111 Å². The molecule has 0 saturated heterocycles. The van der Waals surface area contributed by atoms with E-state index in [-0.39, 0.29) is 18.9 Å². The van der Waals surface area contributed by atoms with Crippen molar-refractivity contribution in [3.05, 3.63) is 39.9 Å². The van der Waals surface area contributed by atoms with E-state index in [0.717, 1.165) is 6.26 Å². The lowest BCUT2D eigenvalue weighted by molar-refractivity contribution is -0.386. The number of para-hydroxylation sites is 1. The van der Waals surface area contributed by atoms with Crippen LogP contribution in [0.4, 0.5) is 5.69 Å². The maximum Gasteiger partial charge on any atom is 0.275 e. The monoisotopic (exact) mass is 289 g/mol. The summed E-state index contributed by atoms with van der Waals surface area (Å²) in [6.07, 6.45) is 0.420. The molecule has 1 unspecified atom stereocenters. The molecule has 0 aliphatic rings. The van der Waals surface area contributed by atoms with Gasteiger partial charge in [-0.15, -0.1) is 0 Å². The third-order valence-corrected chi connectivity index (χ3v) is 2.91. The Hall–Kier alpha value is -1.51. The Kier molecular flexibility index (Phi) is 5.40. The Morgan fingerprint density at radius 3 is 2.53 bits per heavy atom. The topological polar surface area (TPSA) is 95.7 Å². The predicted octanol–water partition coefficient (Wildman–Crippen LogP) is 1.65. The van der Waals surface area contributed by atoms with Crippen LogP contribution in [0, 0.1) is 10.1 Å². The molecule has 7 nitrogen and oxygen atoms in total. The molecular weight excluding hydrogens is 274 g/mol. The van der Waals surface area contributed by atoms with Crippen molar-refractivity contribution in [1.29, 1.82) is 0 Å². The molecule has 106 valence electrons. The molecule has 0 aromatic heterocycles. The summed E-state index contributed by atoms with van der Waals surface area (Å²) in [6.45, 7) is 1.56. The first-order chi connectivity index (χ1) is 8.81. The highest BCUT2D eigenvalue weighted by atomic mass is 32.2. The van der Waals surface area contributed by atoms with Crippen molar-refractivity contribution >= 4 is 15.8 Å². The highest BCUT2D eigenvalue weighted by Gasteiger charge is 2.18. The van der Waals surface area contributed by atoms with Crippen LogP contribution in [0.15, 0.2) is 24.3 Å². The number of ether oxygens (including phenoxy) is 1. The summed E-state index contributed by atoms with van der Waals surface area (Å²) in [5.41, 5.74) is 0.408. The van der Waals surface area contributed by atoms with Crippen LogP contribution in [-0.2, 0) is 19.0 Å². The lowest BCUT2D eigenvalue weighted by Gasteiger charge is -2.13. The van der Waals surface area contributed by atoms with Gasteiger partial charge in [0.05, 0.1) is 36.1 Å². The molecule has 1 aromatic carbocycles. The molecule has 0 spiro atoms. The minimum atomic E-state index is -3.50. The average Bonchev–Trinajstić information content (AvgIpc) is 2.33. The second kappa shape index (κ2) is 6.60. The van der Waals surface area contributed by atoms with Gasteiger partial charge in [0.1, 0.15) is 0 Å². The van der Waals surface area contributed by atoms with Crippen molar-refractivity contribution < 1.29 is 22.3 Å². The van der Waals surface area contributed by atoms with Crippen molar-refractivity contribution in [3.8, 4) is 0 Å². The van der Waals surface area contributed by atoms with E-state index in [1.165, 1.54) is 6.07 Å². The first-order valence-electron chi connectivity index (χ1n) is 5.50. The van der Waals surface area contributed by atoms with E-state index in [2.05, 4.69) is 4.18 Å². The van der Waals surface area contributed by atoms with Gasteiger partial charge in [0.2, 0.25) is 0 Å². The van der Waals surface area contributed by atoms with Crippen LogP contribution in [0.25, 0.3) is 0 Å². The Balaban J connectivity index is 2.59. The standard InChI is InChI=1S/C11H15NO6S/c1-9(17-7-8-18-19(2,15)16)10-5-3-4-6-11(10)12(13)14/h3-6,9H,7-8H2,1-2H3. The second-order valence-electron chi connectivity index (χ2n) is 3.86. The Morgan fingerprint density at radius 2 is 1.95 bits per heavy atom. The van der Waals surface area contributed by atoms with Crippen LogP contribution in [0.2, 0.25) is 0 Å². The van der Waals surface area contributed by atoms with Crippen LogP contribution in [0.1, 0.15) is 18.6 Å². The molecule has 19 heavy (non-hydrogen) atoms. The Bertz CT molecular complexity index is 542. The van der Waals surface area contributed by atoms with Crippen LogP contribution < -0.4 is 0 Å². The van der Waals surface area contributed by atoms with Gasteiger partial charge < -0.3 is 4.74 Å². The summed E-state index contributed by atoms with van der Waals surface area (Å²) in [7, 11) is -3.50. The molecule has 1 rings (SSSR count). The maximum atomic E-state index is 10.8. The molecule has 0 saturated carbocycles. The summed E-state index contributed by atoms with van der Waals surface area (Å²) in [5.74, 6) is 0. The zero-order valence-corrected chi connectivity index (χ0v) is 11.4. The van der Waals surface area contributed by atoms with Crippen molar-refractivity contribution in [2.75, 3.05) is 19.5 Å². The molecule has 0 aliphatic carbocycles. The van der Waals surface area contributed by atoms with Gasteiger partial charge in [-0.3, -0.25) is 14.3 Å². The number of nitro groups is 1. The SMILES string of the molecule is CC(OCCOS(C)(=O)=O)c1ccccc1[N+](=O)[O-]. The van der Waals surface area contributed by atoms with E-state index < -0.39 is 21.1 Å². The molecule has 0 radical (unpaired) electrons. The molecule has 1 aromatic rings. The molecular formula is C11H15NO6S. The molecule has 0 heterocycles. The molecule has 0 fully saturated rings. The average molecular weight is 289 g/mol. The number of rotatable bonds is 7. The summed E-state index contributed by atoms with van der Waals surface area (Å²) in [4.78, 5) is 10.3. The fraction of sp³-hybridized carbons (Fsp3) is 0.455. The summed E-state index contributed by atoms with van der Waals surface area (Å²) in [5, 5.41) is 10.8. The van der Waals surface area contributed by atoms with E-state index in [4.69, 9.17) is 4.74 Å². The second-order valence-corrected chi connectivity index (χ2v) is 5.50. The van der Waals surface area contributed by atoms with Crippen LogP contribution in [0.5, 0.6) is 0 Å². The quantitative estimate of drug-likeness (QED) is 0.328. The van der Waals surface area contributed by atoms with Gasteiger partial charge in [0.25, 0.3) is 15.8 Å². The zero-order valence-electron chi connectivity index (χ0n) is 10.6. The van der Waals surface area contributed by atoms with Gasteiger partial charge in [-0.2, -0.15) is 8.42 Å². The normalized spacial score (nSPS) is 13.2. The van der Waals surface area contributed by atoms with Crippen molar-refractivity contribution in [2.45, 2.75) is 13.0 Å². The maximum absolute atomic E-state index is 10.8. The molecule has 1 atom stereocenters. The van der Waals surface area contributed by atoms with Gasteiger partial charge in [-0.05, 0) is 13.0 Å². The minimum absolute atomic E-state index is 0.0281. The van der Waals surface area contributed by atoms with Crippen molar-refractivity contribution in [1.82, 2.24) is 0 Å². The van der Waals surface area contributed by atoms with Crippen LogP contribution >= 0.6 is 0 Å². The fourth-order valence-corrected chi connectivity index (χ4v) is 1.87. The number of benzene rings is 1. The summed E-state index contributed by atoms with van der Waals surface area (Å²) in [6, 6.07) is 6.23. The van der Waals surface area contributed by atoms with E-state index in [9.17, 15) is 18.5 Å². The third kappa shape index (κ3) is 5.33. The first kappa shape index (κ1) is 15.5. The smallest absolute Gasteiger partial charge is 0.275 e. The van der Waals surface area contributed by atoms with Crippen LogP contribution in [0.3, 0.4) is 0 Å². The predicted molar refractivity (Wildman–Crippen MR) is 68.3 cm³/mol. The van der Waals surface area contributed by atoms with Gasteiger partial charge in [0.15, 0.2) is 0 Å². The highest BCUT2D eigenvalue weighted by Crippen LogP contribution is 2.26. The highest BCUT2D eigenvalue weighted by molar-refractivity contribution is 7.85. The molecule has 0 amide bonds. The molecule has 0 aliphatic heterocycles. The van der Waals surface area contributed by atoms with Crippen molar-refractivity contribution in [2.24, 2.45) is 0 Å². The first-order valence-corrected chi connectivity index (χ1v) is 7.32.